The first-order valence-corrected chi connectivity index (χ1v) is 8.59. The lowest BCUT2D eigenvalue weighted by molar-refractivity contribution is 0.0525. The van der Waals surface area contributed by atoms with E-state index in [1.807, 2.05) is 45.0 Å². The molecule has 1 unspecified atom stereocenters. The summed E-state index contributed by atoms with van der Waals surface area (Å²) in [5, 5.41) is 2.85. The number of nitrogens with one attached hydrogen (secondary N) is 1. The zero-order valence-corrected chi connectivity index (χ0v) is 15.0. The van der Waals surface area contributed by atoms with Crippen molar-refractivity contribution >= 4 is 28.8 Å². The second-order valence-corrected chi connectivity index (χ2v) is 7.29. The zero-order valence-electron chi connectivity index (χ0n) is 15.0. The number of amides is 1. The van der Waals surface area contributed by atoms with Crippen molar-refractivity contribution in [1.82, 2.24) is 15.3 Å². The normalized spacial score (nSPS) is 17.7. The number of hydrogen-bond donors (Lipinski definition) is 2. The number of anilines is 2. The van der Waals surface area contributed by atoms with Gasteiger partial charge in [-0.1, -0.05) is 12.1 Å². The lowest BCUT2D eigenvalue weighted by Crippen LogP contribution is -2.42. The predicted molar refractivity (Wildman–Crippen MR) is 98.6 cm³/mol. The Morgan fingerprint density at radius 1 is 1.32 bits per heavy atom. The van der Waals surface area contributed by atoms with Gasteiger partial charge >= 0.3 is 6.09 Å². The van der Waals surface area contributed by atoms with E-state index in [4.69, 9.17) is 10.5 Å². The SMILES string of the molecule is CC(C)(C)OC(=O)NCC1CCCN1c1nc2ccccc2nc1N. The number of carbonyl (C=O) groups is 1. The predicted octanol–water partition coefficient (Wildman–Crippen LogP) is 2.71. The smallest absolute Gasteiger partial charge is 0.407 e. The highest BCUT2D eigenvalue weighted by atomic mass is 16.6. The van der Waals surface area contributed by atoms with Crippen molar-refractivity contribution in [3.05, 3.63) is 24.3 Å². The highest BCUT2D eigenvalue weighted by Gasteiger charge is 2.29. The van der Waals surface area contributed by atoms with Crippen LogP contribution in [0.15, 0.2) is 24.3 Å². The van der Waals surface area contributed by atoms with Crippen LogP contribution in [0, 0.1) is 0 Å². The molecule has 0 spiro atoms. The van der Waals surface area contributed by atoms with Crippen LogP contribution in [0.1, 0.15) is 33.6 Å². The van der Waals surface area contributed by atoms with Crippen molar-refractivity contribution in [2.75, 3.05) is 23.7 Å². The van der Waals surface area contributed by atoms with E-state index in [0.29, 0.717) is 18.2 Å². The Morgan fingerprint density at radius 3 is 2.68 bits per heavy atom. The molecular formula is C18H25N5O2. The van der Waals surface area contributed by atoms with E-state index in [-0.39, 0.29) is 6.04 Å². The number of nitrogen functional groups attached to an aromatic ring is 1. The number of rotatable bonds is 3. The van der Waals surface area contributed by atoms with Crippen LogP contribution in [-0.2, 0) is 4.74 Å². The first kappa shape index (κ1) is 17.3. The van der Waals surface area contributed by atoms with E-state index in [1.165, 1.54) is 0 Å². The molecule has 2 heterocycles. The molecule has 1 aliphatic rings. The lowest BCUT2D eigenvalue weighted by Gasteiger charge is -2.27. The fourth-order valence-corrected chi connectivity index (χ4v) is 3.06. The van der Waals surface area contributed by atoms with Crippen molar-refractivity contribution in [1.29, 1.82) is 0 Å². The van der Waals surface area contributed by atoms with Crippen LogP contribution in [-0.4, -0.2) is 40.8 Å². The molecule has 1 aromatic heterocycles. The Morgan fingerprint density at radius 2 is 2.00 bits per heavy atom. The fourth-order valence-electron chi connectivity index (χ4n) is 3.06. The van der Waals surface area contributed by atoms with Gasteiger partial charge in [-0.15, -0.1) is 0 Å². The summed E-state index contributed by atoms with van der Waals surface area (Å²) in [6.45, 7) is 6.88. The standard InChI is InChI=1S/C18H25N5O2/c1-18(2,3)25-17(24)20-11-12-7-6-10-23(12)16-15(19)21-13-8-4-5-9-14(13)22-16/h4-5,8-9,12H,6-7,10-11H2,1-3H3,(H2,19,21)(H,20,24). The number of nitrogens with zero attached hydrogens (tertiary/aromatic N) is 3. The van der Waals surface area contributed by atoms with Gasteiger partial charge in [-0.25, -0.2) is 14.8 Å². The molecular weight excluding hydrogens is 318 g/mol. The highest BCUT2D eigenvalue weighted by molar-refractivity contribution is 5.80. The van der Waals surface area contributed by atoms with Crippen LogP contribution in [0.2, 0.25) is 0 Å². The maximum atomic E-state index is 11.9. The molecule has 0 radical (unpaired) electrons. The van der Waals surface area contributed by atoms with Gasteiger partial charge in [0.25, 0.3) is 0 Å². The molecule has 1 aliphatic heterocycles. The van der Waals surface area contributed by atoms with Crippen molar-refractivity contribution in [2.24, 2.45) is 0 Å². The quantitative estimate of drug-likeness (QED) is 0.890. The summed E-state index contributed by atoms with van der Waals surface area (Å²) in [5.41, 5.74) is 7.24. The van der Waals surface area contributed by atoms with E-state index in [0.717, 1.165) is 30.4 Å². The van der Waals surface area contributed by atoms with Crippen molar-refractivity contribution in [2.45, 2.75) is 45.3 Å². The van der Waals surface area contributed by atoms with Crippen LogP contribution < -0.4 is 16.0 Å². The number of nitrogens with two attached hydrogens (primary N) is 1. The average Bonchev–Trinajstić information content (AvgIpc) is 2.99. The third-order valence-electron chi connectivity index (χ3n) is 4.11. The largest absolute Gasteiger partial charge is 0.444 e. The molecule has 134 valence electrons. The lowest BCUT2D eigenvalue weighted by atomic mass is 10.2. The molecule has 7 nitrogen and oxygen atoms in total. The molecule has 3 rings (SSSR count). The summed E-state index contributed by atoms with van der Waals surface area (Å²) < 4.78 is 5.30. The van der Waals surface area contributed by atoms with Gasteiger partial charge in [0.15, 0.2) is 11.6 Å². The summed E-state index contributed by atoms with van der Waals surface area (Å²) >= 11 is 0. The maximum absolute atomic E-state index is 11.9. The van der Waals surface area contributed by atoms with Crippen LogP contribution in [0.3, 0.4) is 0 Å². The van der Waals surface area contributed by atoms with Gasteiger partial charge in [0.1, 0.15) is 5.60 Å². The number of fused-ring (bicyclic) bond motifs is 1. The minimum atomic E-state index is -0.506. The first-order chi connectivity index (χ1) is 11.8. The Labute approximate surface area is 147 Å². The molecule has 0 bridgehead atoms. The zero-order chi connectivity index (χ0) is 18.0. The van der Waals surface area contributed by atoms with Gasteiger partial charge in [0, 0.05) is 19.1 Å². The number of hydrogen-bond acceptors (Lipinski definition) is 6. The molecule has 1 aromatic carbocycles. The van der Waals surface area contributed by atoms with Crippen LogP contribution in [0.25, 0.3) is 11.0 Å². The van der Waals surface area contributed by atoms with Gasteiger partial charge in [-0.3, -0.25) is 0 Å². The summed E-state index contributed by atoms with van der Waals surface area (Å²) in [7, 11) is 0. The molecule has 25 heavy (non-hydrogen) atoms. The Balaban J connectivity index is 1.73. The van der Waals surface area contributed by atoms with Gasteiger partial charge in [-0.2, -0.15) is 0 Å². The van der Waals surface area contributed by atoms with Gasteiger partial charge in [0.2, 0.25) is 0 Å². The number of benzene rings is 1. The van der Waals surface area contributed by atoms with Crippen molar-refractivity contribution in [3.8, 4) is 0 Å². The van der Waals surface area contributed by atoms with Crippen LogP contribution in [0.5, 0.6) is 0 Å². The van der Waals surface area contributed by atoms with Gasteiger partial charge in [0.05, 0.1) is 11.0 Å². The van der Waals surface area contributed by atoms with Crippen LogP contribution in [0.4, 0.5) is 16.4 Å². The summed E-state index contributed by atoms with van der Waals surface area (Å²) in [6, 6.07) is 7.80. The maximum Gasteiger partial charge on any atom is 0.407 e. The molecule has 2 aromatic rings. The molecule has 0 saturated carbocycles. The van der Waals surface area contributed by atoms with Crippen LogP contribution >= 0.6 is 0 Å². The number of ether oxygens (including phenoxy) is 1. The van der Waals surface area contributed by atoms with Crippen molar-refractivity contribution in [3.63, 3.8) is 0 Å². The summed E-state index contributed by atoms with van der Waals surface area (Å²) in [5.74, 6) is 1.11. The monoisotopic (exact) mass is 343 g/mol. The molecule has 1 fully saturated rings. The van der Waals surface area contributed by atoms with Gasteiger partial charge < -0.3 is 20.7 Å². The highest BCUT2D eigenvalue weighted by Crippen LogP contribution is 2.29. The van der Waals surface area contributed by atoms with Crippen molar-refractivity contribution < 1.29 is 9.53 Å². The average molecular weight is 343 g/mol. The fraction of sp³-hybridized carbons (Fsp3) is 0.500. The number of alkyl carbamates (subject to hydrolysis) is 1. The van der Waals surface area contributed by atoms with E-state index in [2.05, 4.69) is 20.2 Å². The molecule has 1 atom stereocenters. The van der Waals surface area contributed by atoms with E-state index >= 15 is 0 Å². The molecule has 1 amide bonds. The minimum absolute atomic E-state index is 0.130. The van der Waals surface area contributed by atoms with E-state index in [1.54, 1.807) is 0 Å². The van der Waals surface area contributed by atoms with E-state index in [9.17, 15) is 4.79 Å². The topological polar surface area (TPSA) is 93.4 Å². The van der Waals surface area contributed by atoms with E-state index < -0.39 is 11.7 Å². The molecule has 3 N–H and O–H groups in total. The second kappa shape index (κ2) is 6.74. The Kier molecular flexibility index (Phi) is 4.65. The number of aromatic nitrogens is 2. The first-order valence-electron chi connectivity index (χ1n) is 8.59. The second-order valence-electron chi connectivity index (χ2n) is 7.29. The summed E-state index contributed by atoms with van der Waals surface area (Å²) in [4.78, 5) is 23.2. The Hall–Kier alpha value is -2.57. The minimum Gasteiger partial charge on any atom is -0.444 e. The molecule has 1 saturated heterocycles. The number of para-hydroxylation sites is 2. The third-order valence-corrected chi connectivity index (χ3v) is 4.11. The Bertz CT molecular complexity index is 772. The number of carbonyl (C=O) groups excluding carboxylic acids is 1. The van der Waals surface area contributed by atoms with Gasteiger partial charge in [-0.05, 0) is 45.7 Å². The molecule has 7 heteroatoms. The molecule has 0 aliphatic carbocycles. The summed E-state index contributed by atoms with van der Waals surface area (Å²) in [6.07, 6.45) is 1.58. The third kappa shape index (κ3) is 4.10.